The molecule has 2 N–H and O–H groups in total. The summed E-state index contributed by atoms with van der Waals surface area (Å²) in [6.45, 7) is 3.12. The number of nitrogens with one attached hydrogen (secondary N) is 2. The van der Waals surface area contributed by atoms with Crippen molar-refractivity contribution >= 4 is 21.7 Å². The van der Waals surface area contributed by atoms with E-state index in [2.05, 4.69) is 24.9 Å². The summed E-state index contributed by atoms with van der Waals surface area (Å²) < 4.78 is 69.8. The number of morpholine rings is 1. The molecule has 1 aromatic heterocycles. The maximum Gasteiger partial charge on any atom is 0.416 e. The lowest BCUT2D eigenvalue weighted by atomic mass is 10.1. The molecule has 30 heavy (non-hydrogen) atoms. The Hall–Kier alpha value is -2.44. The van der Waals surface area contributed by atoms with Crippen molar-refractivity contribution in [1.29, 1.82) is 0 Å². The summed E-state index contributed by atoms with van der Waals surface area (Å²) in [4.78, 5) is 10.4. The minimum atomic E-state index is -4.45. The standard InChI is InChI=1S/C18H22F3N5O3S/c19-18(20,21)15-3-1-14(2-4-15)12-30(27,28)25-6-5-22-16-11-17(24-13-23-16)26-7-9-29-10-8-26/h1-4,11,13,25H,5-10,12H2,(H,22,23,24). The number of anilines is 2. The molecule has 0 bridgehead atoms. The lowest BCUT2D eigenvalue weighted by Crippen LogP contribution is -2.36. The van der Waals surface area contributed by atoms with Crippen LogP contribution in [0.3, 0.4) is 0 Å². The van der Waals surface area contributed by atoms with E-state index in [1.54, 1.807) is 6.07 Å². The van der Waals surface area contributed by atoms with Crippen LogP contribution in [0.15, 0.2) is 36.7 Å². The predicted octanol–water partition coefficient (Wildman–Crippen LogP) is 1.86. The van der Waals surface area contributed by atoms with E-state index in [0.29, 0.717) is 19.0 Å². The summed E-state index contributed by atoms with van der Waals surface area (Å²) in [6.07, 6.45) is -3.02. The quantitative estimate of drug-likeness (QED) is 0.599. The van der Waals surface area contributed by atoms with Crippen LogP contribution in [0.1, 0.15) is 11.1 Å². The Balaban J connectivity index is 1.46. The van der Waals surface area contributed by atoms with E-state index in [-0.39, 0.29) is 18.7 Å². The van der Waals surface area contributed by atoms with E-state index in [1.807, 2.05) is 0 Å². The fraction of sp³-hybridized carbons (Fsp3) is 0.444. The highest BCUT2D eigenvalue weighted by molar-refractivity contribution is 7.88. The zero-order valence-corrected chi connectivity index (χ0v) is 16.8. The molecular weight excluding hydrogens is 423 g/mol. The van der Waals surface area contributed by atoms with Gasteiger partial charge in [0.2, 0.25) is 10.0 Å². The molecule has 2 heterocycles. The van der Waals surface area contributed by atoms with Gasteiger partial charge >= 0.3 is 6.18 Å². The summed E-state index contributed by atoms with van der Waals surface area (Å²) >= 11 is 0. The van der Waals surface area contributed by atoms with E-state index >= 15 is 0 Å². The van der Waals surface area contributed by atoms with Crippen LogP contribution in [0.5, 0.6) is 0 Å². The predicted molar refractivity (Wildman–Crippen MR) is 106 cm³/mol. The molecule has 1 aliphatic heterocycles. The maximum absolute atomic E-state index is 12.6. The van der Waals surface area contributed by atoms with E-state index in [9.17, 15) is 21.6 Å². The molecular formula is C18H22F3N5O3S. The molecule has 1 fully saturated rings. The first-order valence-corrected chi connectivity index (χ1v) is 10.9. The number of nitrogens with zero attached hydrogens (tertiary/aromatic N) is 3. The van der Waals surface area contributed by atoms with Gasteiger partial charge in [0.05, 0.1) is 24.5 Å². The molecule has 0 amide bonds. The van der Waals surface area contributed by atoms with Crippen LogP contribution in [-0.4, -0.2) is 57.8 Å². The summed E-state index contributed by atoms with van der Waals surface area (Å²) in [6, 6.07) is 5.84. The van der Waals surface area contributed by atoms with E-state index in [1.165, 1.54) is 6.33 Å². The first-order chi connectivity index (χ1) is 14.2. The molecule has 0 saturated carbocycles. The lowest BCUT2D eigenvalue weighted by Gasteiger charge is -2.27. The van der Waals surface area contributed by atoms with Crippen molar-refractivity contribution in [2.24, 2.45) is 0 Å². The first kappa shape index (κ1) is 22.2. The molecule has 0 spiro atoms. The molecule has 0 atom stereocenters. The third-order valence-corrected chi connectivity index (χ3v) is 5.74. The Bertz CT molecular complexity index is 933. The third-order valence-electron chi connectivity index (χ3n) is 4.38. The molecule has 1 saturated heterocycles. The second-order valence-corrected chi connectivity index (χ2v) is 8.44. The number of hydrogen-bond acceptors (Lipinski definition) is 7. The SMILES string of the molecule is O=S(=O)(Cc1ccc(C(F)(F)F)cc1)NCCNc1cc(N2CCOCC2)ncn1. The van der Waals surface area contributed by atoms with Gasteiger partial charge < -0.3 is 15.0 Å². The first-order valence-electron chi connectivity index (χ1n) is 9.25. The van der Waals surface area contributed by atoms with Gasteiger partial charge in [-0.25, -0.2) is 23.1 Å². The van der Waals surface area contributed by atoms with Gasteiger partial charge in [-0.3, -0.25) is 0 Å². The molecule has 0 unspecified atom stereocenters. The summed E-state index contributed by atoms with van der Waals surface area (Å²) in [5, 5.41) is 3.02. The Labute approximate surface area is 172 Å². The average Bonchev–Trinajstić information content (AvgIpc) is 2.72. The van der Waals surface area contributed by atoms with Crippen LogP contribution in [-0.2, 0) is 26.7 Å². The number of aromatic nitrogens is 2. The van der Waals surface area contributed by atoms with Gasteiger partial charge in [0.25, 0.3) is 0 Å². The highest BCUT2D eigenvalue weighted by Crippen LogP contribution is 2.29. The lowest BCUT2D eigenvalue weighted by molar-refractivity contribution is -0.137. The van der Waals surface area contributed by atoms with Crippen molar-refractivity contribution < 1.29 is 26.3 Å². The topological polar surface area (TPSA) is 96.5 Å². The molecule has 3 rings (SSSR count). The molecule has 12 heteroatoms. The number of rotatable bonds is 8. The maximum atomic E-state index is 12.6. The highest BCUT2D eigenvalue weighted by Gasteiger charge is 2.30. The molecule has 164 valence electrons. The van der Waals surface area contributed by atoms with Crippen molar-refractivity contribution in [3.63, 3.8) is 0 Å². The number of alkyl halides is 3. The van der Waals surface area contributed by atoms with Crippen molar-refractivity contribution in [3.8, 4) is 0 Å². The van der Waals surface area contributed by atoms with Gasteiger partial charge in [-0.1, -0.05) is 12.1 Å². The van der Waals surface area contributed by atoms with Crippen molar-refractivity contribution in [1.82, 2.24) is 14.7 Å². The van der Waals surface area contributed by atoms with Gasteiger partial charge in [0.15, 0.2) is 0 Å². The van der Waals surface area contributed by atoms with Crippen LogP contribution in [0.25, 0.3) is 0 Å². The van der Waals surface area contributed by atoms with E-state index in [0.717, 1.165) is 43.2 Å². The molecule has 0 radical (unpaired) electrons. The second-order valence-electron chi connectivity index (χ2n) is 6.64. The zero-order valence-electron chi connectivity index (χ0n) is 16.0. The molecule has 1 aromatic carbocycles. The molecule has 1 aliphatic rings. The summed E-state index contributed by atoms with van der Waals surface area (Å²) in [5.74, 6) is 0.923. The summed E-state index contributed by atoms with van der Waals surface area (Å²) in [5.41, 5.74) is -0.545. The second kappa shape index (κ2) is 9.58. The van der Waals surface area contributed by atoms with Crippen LogP contribution < -0.4 is 14.9 Å². The minimum absolute atomic E-state index is 0.0971. The minimum Gasteiger partial charge on any atom is -0.378 e. The fourth-order valence-corrected chi connectivity index (χ4v) is 4.01. The number of sulfonamides is 1. The Morgan fingerprint density at radius 2 is 1.77 bits per heavy atom. The van der Waals surface area contributed by atoms with E-state index in [4.69, 9.17) is 4.74 Å². The zero-order chi connectivity index (χ0) is 21.6. The largest absolute Gasteiger partial charge is 0.416 e. The van der Waals surface area contributed by atoms with Crippen LogP contribution in [0.4, 0.5) is 24.8 Å². The summed E-state index contributed by atoms with van der Waals surface area (Å²) in [7, 11) is -3.69. The Morgan fingerprint density at radius 1 is 1.07 bits per heavy atom. The number of halogens is 3. The van der Waals surface area contributed by atoms with E-state index < -0.39 is 27.5 Å². The van der Waals surface area contributed by atoms with Gasteiger partial charge in [0, 0.05) is 32.2 Å². The van der Waals surface area contributed by atoms with Gasteiger partial charge in [0.1, 0.15) is 18.0 Å². The molecule has 8 nitrogen and oxygen atoms in total. The van der Waals surface area contributed by atoms with Crippen molar-refractivity contribution in [3.05, 3.63) is 47.8 Å². The van der Waals surface area contributed by atoms with Gasteiger partial charge in [-0.2, -0.15) is 13.2 Å². The van der Waals surface area contributed by atoms with Gasteiger partial charge in [-0.05, 0) is 17.7 Å². The van der Waals surface area contributed by atoms with Gasteiger partial charge in [-0.15, -0.1) is 0 Å². The van der Waals surface area contributed by atoms with Crippen LogP contribution in [0.2, 0.25) is 0 Å². The molecule has 2 aromatic rings. The number of ether oxygens (including phenoxy) is 1. The Morgan fingerprint density at radius 3 is 2.43 bits per heavy atom. The van der Waals surface area contributed by atoms with Crippen LogP contribution in [0, 0.1) is 0 Å². The highest BCUT2D eigenvalue weighted by atomic mass is 32.2. The van der Waals surface area contributed by atoms with Crippen LogP contribution >= 0.6 is 0 Å². The normalized spacial score (nSPS) is 15.2. The third kappa shape index (κ3) is 6.54. The number of benzene rings is 1. The average molecular weight is 445 g/mol. The number of hydrogen-bond donors (Lipinski definition) is 2. The monoisotopic (exact) mass is 445 g/mol. The fourth-order valence-electron chi connectivity index (χ4n) is 2.87. The van der Waals surface area contributed by atoms with Crippen molar-refractivity contribution in [2.45, 2.75) is 11.9 Å². The van der Waals surface area contributed by atoms with Crippen molar-refractivity contribution in [2.75, 3.05) is 49.6 Å². The smallest absolute Gasteiger partial charge is 0.378 e. The Kier molecular flexibility index (Phi) is 7.10. The molecule has 0 aliphatic carbocycles.